The van der Waals surface area contributed by atoms with Crippen LogP contribution in [0.25, 0.3) is 0 Å². The highest BCUT2D eigenvalue weighted by Gasteiger charge is 2.50. The van der Waals surface area contributed by atoms with Crippen molar-refractivity contribution in [2.75, 3.05) is 13.7 Å². The number of carbonyl (C=O) groups excluding carboxylic acids is 2. The number of para-hydroxylation sites is 1. The highest BCUT2D eigenvalue weighted by Crippen LogP contribution is 2.39. The van der Waals surface area contributed by atoms with E-state index in [9.17, 15) is 14.0 Å². The molecule has 0 fully saturated rings. The summed E-state index contributed by atoms with van der Waals surface area (Å²) in [6.07, 6.45) is 0.177. The van der Waals surface area contributed by atoms with Crippen LogP contribution in [-0.2, 0) is 16.9 Å². The van der Waals surface area contributed by atoms with E-state index in [2.05, 4.69) is 5.32 Å². The second-order valence-electron chi connectivity index (χ2n) is 9.91. The molecule has 1 N–H and O–H groups in total. The first-order valence-corrected chi connectivity index (χ1v) is 11.9. The van der Waals surface area contributed by atoms with E-state index < -0.39 is 16.9 Å². The third-order valence-electron chi connectivity index (χ3n) is 6.23. The monoisotopic (exact) mass is 490 g/mol. The zero-order chi connectivity index (χ0) is 25.9. The summed E-state index contributed by atoms with van der Waals surface area (Å²) in [6.45, 7) is 5.97. The molecule has 0 aliphatic carbocycles. The lowest BCUT2D eigenvalue weighted by atomic mass is 9.81. The SMILES string of the molecule is COc1ccc(CN2C(=O)c3ccccc3OCCC2(C(=O)NC(C)(C)C)c2ccc(F)cc2)cc1. The first kappa shape index (κ1) is 25.2. The lowest BCUT2D eigenvalue weighted by Gasteiger charge is -2.45. The molecule has 3 aromatic carbocycles. The molecule has 1 heterocycles. The molecule has 0 bridgehead atoms. The summed E-state index contributed by atoms with van der Waals surface area (Å²) < 4.78 is 25.2. The number of halogens is 1. The van der Waals surface area contributed by atoms with Crippen LogP contribution in [-0.4, -0.2) is 36.0 Å². The topological polar surface area (TPSA) is 67.9 Å². The molecule has 0 saturated carbocycles. The van der Waals surface area contributed by atoms with E-state index in [-0.39, 0.29) is 31.4 Å². The van der Waals surface area contributed by atoms with Gasteiger partial charge in [0, 0.05) is 18.5 Å². The summed E-state index contributed by atoms with van der Waals surface area (Å²) in [7, 11) is 1.59. The van der Waals surface area contributed by atoms with Gasteiger partial charge < -0.3 is 19.7 Å². The second-order valence-corrected chi connectivity index (χ2v) is 9.91. The fraction of sp³-hybridized carbons (Fsp3) is 0.310. The van der Waals surface area contributed by atoms with Crippen LogP contribution in [0.1, 0.15) is 48.7 Å². The number of hydrogen-bond donors (Lipinski definition) is 1. The molecule has 4 rings (SSSR count). The Morgan fingerprint density at radius 1 is 1.06 bits per heavy atom. The van der Waals surface area contributed by atoms with Gasteiger partial charge in [-0.15, -0.1) is 0 Å². The third kappa shape index (κ3) is 5.05. The normalized spacial score (nSPS) is 17.9. The number of methoxy groups -OCH3 is 1. The van der Waals surface area contributed by atoms with Crippen molar-refractivity contribution in [1.82, 2.24) is 10.2 Å². The van der Waals surface area contributed by atoms with Gasteiger partial charge in [0.15, 0.2) is 5.54 Å². The van der Waals surface area contributed by atoms with Gasteiger partial charge in [0.25, 0.3) is 11.8 Å². The minimum atomic E-state index is -1.45. The summed E-state index contributed by atoms with van der Waals surface area (Å²) >= 11 is 0. The van der Waals surface area contributed by atoms with Crippen LogP contribution in [0.5, 0.6) is 11.5 Å². The first-order valence-electron chi connectivity index (χ1n) is 11.9. The Labute approximate surface area is 211 Å². The van der Waals surface area contributed by atoms with Gasteiger partial charge in [-0.1, -0.05) is 36.4 Å². The number of hydrogen-bond acceptors (Lipinski definition) is 4. The van der Waals surface area contributed by atoms with Gasteiger partial charge in [-0.2, -0.15) is 0 Å². The molecule has 0 aromatic heterocycles. The summed E-state index contributed by atoms with van der Waals surface area (Å²) in [5.41, 5.74) is -0.333. The van der Waals surface area contributed by atoms with Gasteiger partial charge in [-0.25, -0.2) is 4.39 Å². The molecule has 188 valence electrons. The van der Waals surface area contributed by atoms with Crippen molar-refractivity contribution in [3.63, 3.8) is 0 Å². The van der Waals surface area contributed by atoms with Crippen LogP contribution >= 0.6 is 0 Å². The molecule has 0 spiro atoms. The lowest BCUT2D eigenvalue weighted by molar-refractivity contribution is -0.136. The minimum absolute atomic E-state index is 0.145. The van der Waals surface area contributed by atoms with Crippen LogP contribution in [0.3, 0.4) is 0 Å². The van der Waals surface area contributed by atoms with E-state index in [4.69, 9.17) is 9.47 Å². The predicted octanol–water partition coefficient (Wildman–Crippen LogP) is 5.07. The Kier molecular flexibility index (Phi) is 7.02. The molecule has 1 atom stereocenters. The van der Waals surface area contributed by atoms with Crippen molar-refractivity contribution in [3.05, 3.63) is 95.3 Å². The Balaban J connectivity index is 1.93. The molecular weight excluding hydrogens is 459 g/mol. The molecule has 0 radical (unpaired) electrons. The summed E-state index contributed by atoms with van der Waals surface area (Å²) in [6, 6.07) is 20.1. The average Bonchev–Trinajstić information content (AvgIpc) is 2.84. The molecule has 3 aromatic rings. The maximum absolute atomic E-state index is 14.2. The average molecular weight is 491 g/mol. The number of nitrogens with zero attached hydrogens (tertiary/aromatic N) is 1. The fourth-order valence-electron chi connectivity index (χ4n) is 4.49. The Bertz CT molecular complexity index is 1240. The van der Waals surface area contributed by atoms with Crippen LogP contribution in [0.15, 0.2) is 72.8 Å². The summed E-state index contributed by atoms with van der Waals surface area (Å²) in [5.74, 6) is 0.0180. The second kappa shape index (κ2) is 10.0. The maximum atomic E-state index is 14.2. The highest BCUT2D eigenvalue weighted by atomic mass is 19.1. The number of benzene rings is 3. The quantitative estimate of drug-likeness (QED) is 0.542. The zero-order valence-corrected chi connectivity index (χ0v) is 21.0. The predicted molar refractivity (Wildman–Crippen MR) is 135 cm³/mol. The highest BCUT2D eigenvalue weighted by molar-refractivity contribution is 6.01. The number of fused-ring (bicyclic) bond motifs is 1. The number of ether oxygens (including phenoxy) is 2. The van der Waals surface area contributed by atoms with Crippen molar-refractivity contribution in [2.24, 2.45) is 0 Å². The Hall–Kier alpha value is -3.87. The molecule has 1 aliphatic heterocycles. The van der Waals surface area contributed by atoms with E-state index in [0.717, 1.165) is 5.56 Å². The van der Waals surface area contributed by atoms with Gasteiger partial charge >= 0.3 is 0 Å². The standard InChI is InChI=1S/C29H31FN2O4/c1-28(2,3)31-27(34)29(21-11-13-22(30)14-12-21)17-18-36-25-8-6-5-7-24(25)26(33)32(29)19-20-9-15-23(35-4)16-10-20/h5-16H,17-19H2,1-4H3,(H,31,34). The lowest BCUT2D eigenvalue weighted by Crippen LogP contribution is -2.61. The molecule has 36 heavy (non-hydrogen) atoms. The van der Waals surface area contributed by atoms with Crippen molar-refractivity contribution >= 4 is 11.8 Å². The Morgan fingerprint density at radius 2 is 1.72 bits per heavy atom. The van der Waals surface area contributed by atoms with Gasteiger partial charge in [0.2, 0.25) is 0 Å². The summed E-state index contributed by atoms with van der Waals surface area (Å²) in [5, 5.41) is 3.07. The molecule has 0 saturated heterocycles. The molecule has 2 amide bonds. The van der Waals surface area contributed by atoms with Gasteiger partial charge in [0.1, 0.15) is 17.3 Å². The van der Waals surface area contributed by atoms with Crippen LogP contribution < -0.4 is 14.8 Å². The largest absolute Gasteiger partial charge is 0.497 e. The van der Waals surface area contributed by atoms with Gasteiger partial charge in [0.05, 0.1) is 19.3 Å². The fourth-order valence-corrected chi connectivity index (χ4v) is 4.49. The Morgan fingerprint density at radius 3 is 2.36 bits per heavy atom. The van der Waals surface area contributed by atoms with Crippen molar-refractivity contribution in [1.29, 1.82) is 0 Å². The van der Waals surface area contributed by atoms with Gasteiger partial charge in [-0.05, 0) is 68.3 Å². The minimum Gasteiger partial charge on any atom is -0.497 e. The van der Waals surface area contributed by atoms with Crippen LogP contribution in [0.2, 0.25) is 0 Å². The van der Waals surface area contributed by atoms with Crippen molar-refractivity contribution in [3.8, 4) is 11.5 Å². The zero-order valence-electron chi connectivity index (χ0n) is 21.0. The van der Waals surface area contributed by atoms with E-state index in [1.807, 2.05) is 45.0 Å². The molecule has 6 nitrogen and oxygen atoms in total. The van der Waals surface area contributed by atoms with Crippen LogP contribution in [0.4, 0.5) is 4.39 Å². The van der Waals surface area contributed by atoms with E-state index in [1.165, 1.54) is 12.1 Å². The number of amides is 2. The summed E-state index contributed by atoms with van der Waals surface area (Å²) in [4.78, 5) is 30.0. The van der Waals surface area contributed by atoms with Crippen molar-refractivity contribution in [2.45, 2.75) is 44.8 Å². The smallest absolute Gasteiger partial charge is 0.259 e. The maximum Gasteiger partial charge on any atom is 0.259 e. The number of nitrogens with one attached hydrogen (secondary N) is 1. The molecular formula is C29H31FN2O4. The van der Waals surface area contributed by atoms with E-state index >= 15 is 0 Å². The molecule has 7 heteroatoms. The third-order valence-corrected chi connectivity index (χ3v) is 6.23. The van der Waals surface area contributed by atoms with E-state index in [1.54, 1.807) is 48.4 Å². The van der Waals surface area contributed by atoms with E-state index in [0.29, 0.717) is 22.6 Å². The first-order chi connectivity index (χ1) is 17.1. The number of carbonyl (C=O) groups is 2. The van der Waals surface area contributed by atoms with Gasteiger partial charge in [-0.3, -0.25) is 9.59 Å². The van der Waals surface area contributed by atoms with Crippen molar-refractivity contribution < 1.29 is 23.5 Å². The molecule has 1 aliphatic rings. The van der Waals surface area contributed by atoms with Crippen LogP contribution in [0, 0.1) is 5.82 Å². The molecule has 1 unspecified atom stereocenters. The number of rotatable bonds is 5.